The lowest BCUT2D eigenvalue weighted by Crippen LogP contribution is -2.09. The van der Waals surface area contributed by atoms with Gasteiger partial charge < -0.3 is 10.5 Å². The van der Waals surface area contributed by atoms with Gasteiger partial charge in [0, 0.05) is 17.2 Å². The number of nitrogen functional groups attached to an aromatic ring is 1. The van der Waals surface area contributed by atoms with Gasteiger partial charge in [-0.25, -0.2) is 4.79 Å². The maximum absolute atomic E-state index is 12.1. The Hall–Kier alpha value is -4.64. The topological polar surface area (TPSA) is 179 Å². The Balaban J connectivity index is 0.000000180. The second-order valence-corrected chi connectivity index (χ2v) is 6.27. The normalized spacial score (nSPS) is 10.9. The van der Waals surface area contributed by atoms with Crippen molar-refractivity contribution in [3.63, 3.8) is 0 Å². The minimum absolute atomic E-state index is 0.0283. The Morgan fingerprint density at radius 3 is 2.13 bits per heavy atom. The molecule has 0 radical (unpaired) electrons. The van der Waals surface area contributed by atoms with E-state index < -0.39 is 21.5 Å². The molecular formula is C20H14N4O7. The maximum Gasteiger partial charge on any atom is 0.336 e. The van der Waals surface area contributed by atoms with Crippen LogP contribution in [-0.4, -0.2) is 26.7 Å². The number of non-ortho nitro benzene ring substituents is 1. The minimum Gasteiger partial charge on any atom is -0.478 e. The molecule has 1 aliphatic carbocycles. The van der Waals surface area contributed by atoms with Crippen LogP contribution in [0.3, 0.4) is 0 Å². The Morgan fingerprint density at radius 1 is 0.903 bits per heavy atom. The summed E-state index contributed by atoms with van der Waals surface area (Å²) in [6.07, 6.45) is 0. The highest BCUT2D eigenvalue weighted by Gasteiger charge is 2.30. The summed E-state index contributed by atoms with van der Waals surface area (Å²) in [6, 6.07) is 15.2. The first-order chi connectivity index (χ1) is 14.8. The SMILES string of the molecule is NNc1ccc([N+](=O)[O-])cc1[N+](=O)[O-].O=C(O)c1cccc2c1C(=O)c1ccccc1-2. The van der Waals surface area contributed by atoms with Crippen molar-refractivity contribution in [2.45, 2.75) is 0 Å². The summed E-state index contributed by atoms with van der Waals surface area (Å²) >= 11 is 0. The van der Waals surface area contributed by atoms with Gasteiger partial charge in [0.25, 0.3) is 5.69 Å². The van der Waals surface area contributed by atoms with E-state index >= 15 is 0 Å². The van der Waals surface area contributed by atoms with Gasteiger partial charge in [0.05, 0.1) is 21.5 Å². The van der Waals surface area contributed by atoms with E-state index in [4.69, 9.17) is 10.9 Å². The zero-order valence-electron chi connectivity index (χ0n) is 15.6. The van der Waals surface area contributed by atoms with E-state index in [2.05, 4.69) is 5.43 Å². The molecule has 0 fully saturated rings. The van der Waals surface area contributed by atoms with E-state index in [1.165, 1.54) is 12.1 Å². The average Bonchev–Trinajstić information content (AvgIpc) is 3.06. The minimum atomic E-state index is -1.07. The number of carboxylic acid groups (broad SMARTS) is 1. The van der Waals surface area contributed by atoms with Gasteiger partial charge >= 0.3 is 11.7 Å². The zero-order valence-corrected chi connectivity index (χ0v) is 15.6. The molecule has 11 nitrogen and oxygen atoms in total. The Kier molecular flexibility index (Phi) is 5.70. The van der Waals surface area contributed by atoms with Gasteiger partial charge in [0.15, 0.2) is 5.78 Å². The molecule has 31 heavy (non-hydrogen) atoms. The number of benzene rings is 3. The number of hydrogen-bond acceptors (Lipinski definition) is 8. The molecule has 3 aromatic rings. The number of rotatable bonds is 4. The van der Waals surface area contributed by atoms with Crippen molar-refractivity contribution in [3.05, 3.63) is 97.6 Å². The highest BCUT2D eigenvalue weighted by atomic mass is 16.6. The fourth-order valence-electron chi connectivity index (χ4n) is 3.16. The first-order valence-corrected chi connectivity index (χ1v) is 8.66. The number of nitrogens with two attached hydrogens (primary N) is 1. The van der Waals surface area contributed by atoms with Gasteiger partial charge in [-0.1, -0.05) is 36.4 Å². The molecule has 0 saturated carbocycles. The van der Waals surface area contributed by atoms with Gasteiger partial charge in [0.1, 0.15) is 5.69 Å². The van der Waals surface area contributed by atoms with Crippen molar-refractivity contribution in [2.24, 2.45) is 5.84 Å². The van der Waals surface area contributed by atoms with Crippen molar-refractivity contribution in [2.75, 3.05) is 5.43 Å². The zero-order chi connectivity index (χ0) is 22.7. The van der Waals surface area contributed by atoms with E-state index in [1.54, 1.807) is 24.3 Å². The lowest BCUT2D eigenvalue weighted by atomic mass is 10.0. The molecule has 0 aromatic heterocycles. The van der Waals surface area contributed by atoms with Crippen LogP contribution in [0.1, 0.15) is 26.3 Å². The Labute approximate surface area is 174 Å². The summed E-state index contributed by atoms with van der Waals surface area (Å²) in [5.74, 6) is 3.72. The van der Waals surface area contributed by atoms with E-state index in [-0.39, 0.29) is 22.7 Å². The van der Waals surface area contributed by atoms with Crippen LogP contribution in [0.15, 0.2) is 60.7 Å². The summed E-state index contributed by atoms with van der Waals surface area (Å²) in [7, 11) is 0. The van der Waals surface area contributed by atoms with Crippen LogP contribution in [0.2, 0.25) is 0 Å². The molecule has 3 aromatic carbocycles. The van der Waals surface area contributed by atoms with Crippen molar-refractivity contribution in [3.8, 4) is 11.1 Å². The first-order valence-electron chi connectivity index (χ1n) is 8.66. The maximum atomic E-state index is 12.1. The van der Waals surface area contributed by atoms with Crippen LogP contribution in [-0.2, 0) is 0 Å². The number of aromatic carboxylic acids is 1. The number of nitro benzene ring substituents is 2. The van der Waals surface area contributed by atoms with E-state index in [0.29, 0.717) is 16.7 Å². The van der Waals surface area contributed by atoms with Gasteiger partial charge in [-0.2, -0.15) is 0 Å². The Bertz CT molecular complexity index is 1240. The standard InChI is InChI=1S/C14H8O3.C6H6N4O4/c15-13-10-5-2-1-4-8(10)9-6-3-7-11(12(9)13)14(16)17;7-8-5-2-1-4(9(11)12)3-6(5)10(13)14/h1-7H,(H,16,17);1-3,8H,7H2. The van der Waals surface area contributed by atoms with Gasteiger partial charge in [-0.3, -0.25) is 30.9 Å². The summed E-state index contributed by atoms with van der Waals surface area (Å²) in [5.41, 5.74) is 3.82. The molecule has 0 heterocycles. The fraction of sp³-hybridized carbons (Fsp3) is 0. The molecule has 0 spiro atoms. The quantitative estimate of drug-likeness (QED) is 0.252. The number of hydrazine groups is 1. The average molecular weight is 422 g/mol. The summed E-state index contributed by atoms with van der Waals surface area (Å²) < 4.78 is 0. The third-order valence-corrected chi connectivity index (χ3v) is 4.53. The number of nitrogens with one attached hydrogen (secondary N) is 1. The van der Waals surface area contributed by atoms with E-state index in [9.17, 15) is 29.8 Å². The highest BCUT2D eigenvalue weighted by molar-refractivity contribution is 6.25. The number of nitro groups is 2. The molecule has 0 atom stereocenters. The third-order valence-electron chi connectivity index (χ3n) is 4.53. The number of carbonyl (C=O) groups is 2. The van der Waals surface area contributed by atoms with Crippen LogP contribution in [0.5, 0.6) is 0 Å². The molecular weight excluding hydrogens is 408 g/mol. The van der Waals surface area contributed by atoms with Crippen LogP contribution in [0.4, 0.5) is 17.1 Å². The first kappa shape index (κ1) is 21.1. The summed E-state index contributed by atoms with van der Waals surface area (Å²) in [5, 5.41) is 29.8. The highest BCUT2D eigenvalue weighted by Crippen LogP contribution is 2.37. The number of fused-ring (bicyclic) bond motifs is 3. The van der Waals surface area contributed by atoms with Crippen LogP contribution >= 0.6 is 0 Å². The summed E-state index contributed by atoms with van der Waals surface area (Å²) in [6.45, 7) is 0. The Morgan fingerprint density at radius 2 is 1.55 bits per heavy atom. The fourth-order valence-corrected chi connectivity index (χ4v) is 3.16. The van der Waals surface area contributed by atoms with Crippen molar-refractivity contribution in [1.82, 2.24) is 0 Å². The number of carboxylic acids is 1. The van der Waals surface area contributed by atoms with E-state index in [0.717, 1.165) is 17.7 Å². The molecule has 11 heteroatoms. The molecule has 156 valence electrons. The summed E-state index contributed by atoms with van der Waals surface area (Å²) in [4.78, 5) is 42.5. The number of hydrogen-bond donors (Lipinski definition) is 3. The second-order valence-electron chi connectivity index (χ2n) is 6.27. The van der Waals surface area contributed by atoms with E-state index in [1.807, 2.05) is 12.1 Å². The molecule has 0 saturated heterocycles. The third kappa shape index (κ3) is 3.93. The van der Waals surface area contributed by atoms with Gasteiger partial charge in [-0.05, 0) is 23.3 Å². The molecule has 4 N–H and O–H groups in total. The predicted molar refractivity (Wildman–Crippen MR) is 110 cm³/mol. The largest absolute Gasteiger partial charge is 0.478 e. The number of carbonyl (C=O) groups excluding carboxylic acids is 1. The smallest absolute Gasteiger partial charge is 0.336 e. The predicted octanol–water partition coefficient (Wildman–Crippen LogP) is 3.38. The van der Waals surface area contributed by atoms with Gasteiger partial charge in [-0.15, -0.1) is 0 Å². The molecule has 0 bridgehead atoms. The molecule has 4 rings (SSSR count). The van der Waals surface area contributed by atoms with Crippen molar-refractivity contribution < 1.29 is 24.5 Å². The number of anilines is 1. The number of ketones is 1. The van der Waals surface area contributed by atoms with Crippen molar-refractivity contribution in [1.29, 1.82) is 0 Å². The molecule has 1 aliphatic rings. The van der Waals surface area contributed by atoms with Crippen LogP contribution < -0.4 is 11.3 Å². The monoisotopic (exact) mass is 422 g/mol. The molecule has 0 unspecified atom stereocenters. The second kappa shape index (κ2) is 8.39. The van der Waals surface area contributed by atoms with Crippen LogP contribution in [0.25, 0.3) is 11.1 Å². The van der Waals surface area contributed by atoms with Gasteiger partial charge in [0.2, 0.25) is 0 Å². The lowest BCUT2D eigenvalue weighted by molar-refractivity contribution is -0.393. The molecule has 0 aliphatic heterocycles. The van der Waals surface area contributed by atoms with Crippen LogP contribution in [0, 0.1) is 20.2 Å². The van der Waals surface area contributed by atoms with Crippen molar-refractivity contribution >= 4 is 28.8 Å². The number of nitrogens with zero attached hydrogens (tertiary/aromatic N) is 2. The molecule has 0 amide bonds. The lowest BCUT2D eigenvalue weighted by Gasteiger charge is -2.02.